The van der Waals surface area contributed by atoms with Crippen molar-refractivity contribution in [3.8, 4) is 0 Å². The molecule has 0 spiro atoms. The topological polar surface area (TPSA) is 69.8 Å². The van der Waals surface area contributed by atoms with Crippen LogP contribution in [-0.2, 0) is 0 Å². The first-order valence-corrected chi connectivity index (χ1v) is 4.50. The molecule has 0 bridgehead atoms. The lowest BCUT2D eigenvalue weighted by molar-refractivity contribution is 0.0900. The molecule has 2 amide bonds. The Bertz CT molecular complexity index is 186. The van der Waals surface area contributed by atoms with E-state index in [2.05, 4.69) is 0 Å². The lowest BCUT2D eigenvalue weighted by Gasteiger charge is -2.41. The first-order valence-electron chi connectivity index (χ1n) is 4.50. The minimum absolute atomic E-state index is 0.153. The Morgan fingerprint density at radius 1 is 1.77 bits per heavy atom. The Morgan fingerprint density at radius 3 is 2.85 bits per heavy atom. The van der Waals surface area contributed by atoms with Crippen LogP contribution in [0.1, 0.15) is 6.42 Å². The molecular formula is C8H17N3O2. The summed E-state index contributed by atoms with van der Waals surface area (Å²) >= 11 is 0. The zero-order valence-corrected chi connectivity index (χ0v) is 7.94. The van der Waals surface area contributed by atoms with E-state index in [1.54, 1.807) is 4.90 Å². The molecule has 0 aromatic rings. The highest BCUT2D eigenvalue weighted by Crippen LogP contribution is 2.16. The summed E-state index contributed by atoms with van der Waals surface area (Å²) in [5, 5.41) is 8.67. The quantitative estimate of drug-likeness (QED) is 0.597. The minimum atomic E-state index is -0.339. The molecule has 0 aromatic carbocycles. The van der Waals surface area contributed by atoms with Gasteiger partial charge in [-0.3, -0.25) is 0 Å². The van der Waals surface area contributed by atoms with E-state index in [4.69, 9.17) is 10.8 Å². The summed E-state index contributed by atoms with van der Waals surface area (Å²) in [5.41, 5.74) is 5.16. The Kier molecular flexibility index (Phi) is 3.50. The number of nitrogens with zero attached hydrogens (tertiary/aromatic N) is 2. The van der Waals surface area contributed by atoms with Crippen molar-refractivity contribution in [2.24, 2.45) is 5.73 Å². The van der Waals surface area contributed by atoms with Crippen molar-refractivity contribution in [2.75, 3.05) is 33.3 Å². The van der Waals surface area contributed by atoms with Crippen molar-refractivity contribution >= 4 is 6.03 Å². The average Bonchev–Trinajstić information content (AvgIpc) is 1.97. The third kappa shape index (κ3) is 2.57. The van der Waals surface area contributed by atoms with E-state index < -0.39 is 0 Å². The van der Waals surface area contributed by atoms with Crippen molar-refractivity contribution in [1.29, 1.82) is 0 Å². The molecule has 5 heteroatoms. The summed E-state index contributed by atoms with van der Waals surface area (Å²) in [6.07, 6.45) is 1.01. The van der Waals surface area contributed by atoms with E-state index >= 15 is 0 Å². The summed E-state index contributed by atoms with van der Waals surface area (Å²) in [6, 6.07) is -0.0947. The van der Waals surface area contributed by atoms with Crippen LogP contribution in [-0.4, -0.2) is 60.3 Å². The molecule has 1 heterocycles. The normalized spacial score (nSPS) is 21.8. The van der Waals surface area contributed by atoms with Gasteiger partial charge in [-0.25, -0.2) is 4.79 Å². The molecule has 1 rings (SSSR count). The van der Waals surface area contributed by atoms with Gasteiger partial charge in [-0.1, -0.05) is 0 Å². The summed E-state index contributed by atoms with van der Waals surface area (Å²) < 4.78 is 0. The second-order valence-corrected chi connectivity index (χ2v) is 3.46. The zero-order valence-electron chi connectivity index (χ0n) is 7.94. The molecule has 0 aliphatic carbocycles. The summed E-state index contributed by atoms with van der Waals surface area (Å²) in [7, 11) is 1.92. The average molecular weight is 187 g/mol. The Balaban J connectivity index is 2.25. The number of hydrogen-bond donors (Lipinski definition) is 2. The molecule has 5 nitrogen and oxygen atoms in total. The maximum Gasteiger partial charge on any atom is 0.315 e. The van der Waals surface area contributed by atoms with Gasteiger partial charge in [0.15, 0.2) is 0 Å². The van der Waals surface area contributed by atoms with Gasteiger partial charge in [-0.2, -0.15) is 0 Å². The number of rotatable bonds is 4. The maximum absolute atomic E-state index is 10.8. The molecule has 1 unspecified atom stereocenters. The first-order chi connectivity index (χ1) is 6.15. The van der Waals surface area contributed by atoms with Crippen molar-refractivity contribution in [3.63, 3.8) is 0 Å². The number of primary amides is 1. The zero-order chi connectivity index (χ0) is 9.84. The van der Waals surface area contributed by atoms with Gasteiger partial charge < -0.3 is 20.6 Å². The predicted octanol–water partition coefficient (Wildman–Crippen LogP) is -0.936. The van der Waals surface area contributed by atoms with Gasteiger partial charge >= 0.3 is 6.03 Å². The van der Waals surface area contributed by atoms with E-state index in [1.807, 2.05) is 11.9 Å². The number of likely N-dealkylation sites (tertiary alicyclic amines) is 1. The van der Waals surface area contributed by atoms with Crippen LogP contribution in [0.2, 0.25) is 0 Å². The molecule has 13 heavy (non-hydrogen) atoms. The number of nitrogens with two attached hydrogens (primary N) is 1. The number of urea groups is 1. The van der Waals surface area contributed by atoms with Crippen LogP contribution in [0.25, 0.3) is 0 Å². The fourth-order valence-corrected chi connectivity index (χ4v) is 1.54. The van der Waals surface area contributed by atoms with Gasteiger partial charge in [0.1, 0.15) is 0 Å². The van der Waals surface area contributed by atoms with Crippen molar-refractivity contribution in [3.05, 3.63) is 0 Å². The van der Waals surface area contributed by atoms with Gasteiger partial charge in [-0.05, 0) is 13.5 Å². The number of likely N-dealkylation sites (N-methyl/N-ethyl adjacent to an activating group) is 1. The molecule has 1 atom stereocenters. The van der Waals surface area contributed by atoms with E-state index in [0.717, 1.165) is 19.5 Å². The van der Waals surface area contributed by atoms with E-state index in [-0.39, 0.29) is 18.7 Å². The number of aliphatic hydroxyl groups excluding tert-OH is 1. The molecule has 1 aliphatic heterocycles. The summed E-state index contributed by atoms with van der Waals surface area (Å²) in [6.45, 7) is 2.36. The lowest BCUT2D eigenvalue weighted by atomic mass is 10.0. The third-order valence-electron chi connectivity index (χ3n) is 2.43. The molecule has 76 valence electrons. The largest absolute Gasteiger partial charge is 0.395 e. The Hall–Kier alpha value is -0.810. The smallest absolute Gasteiger partial charge is 0.315 e. The van der Waals surface area contributed by atoms with Crippen LogP contribution in [0, 0.1) is 0 Å². The molecule has 1 fully saturated rings. The van der Waals surface area contributed by atoms with Gasteiger partial charge in [0.25, 0.3) is 0 Å². The number of amides is 2. The predicted molar refractivity (Wildman–Crippen MR) is 49.3 cm³/mol. The fraction of sp³-hybridized carbons (Fsp3) is 0.875. The molecule has 0 saturated carbocycles. The van der Waals surface area contributed by atoms with Gasteiger partial charge in [-0.15, -0.1) is 0 Å². The second-order valence-electron chi connectivity index (χ2n) is 3.46. The number of hydrogen-bond acceptors (Lipinski definition) is 3. The standard InChI is InChI=1S/C8H17N3O2/c1-10(4-5-12)6-7-2-3-11(7)8(9)13/h7,12H,2-6H2,1H3,(H2,9,13). The highest BCUT2D eigenvalue weighted by atomic mass is 16.3. The summed E-state index contributed by atoms with van der Waals surface area (Å²) in [5.74, 6) is 0. The third-order valence-corrected chi connectivity index (χ3v) is 2.43. The number of carbonyl (C=O) groups excluding carboxylic acids is 1. The van der Waals surface area contributed by atoms with Crippen LogP contribution >= 0.6 is 0 Å². The van der Waals surface area contributed by atoms with Crippen molar-refractivity contribution in [2.45, 2.75) is 12.5 Å². The van der Waals surface area contributed by atoms with Gasteiger partial charge in [0.05, 0.1) is 6.61 Å². The van der Waals surface area contributed by atoms with Crippen LogP contribution in [0.5, 0.6) is 0 Å². The van der Waals surface area contributed by atoms with Crippen molar-refractivity contribution < 1.29 is 9.90 Å². The Morgan fingerprint density at radius 2 is 2.46 bits per heavy atom. The molecule has 0 radical (unpaired) electrons. The van der Waals surface area contributed by atoms with Crippen LogP contribution in [0.3, 0.4) is 0 Å². The van der Waals surface area contributed by atoms with E-state index in [1.165, 1.54) is 0 Å². The molecule has 0 aromatic heterocycles. The lowest BCUT2D eigenvalue weighted by Crippen LogP contribution is -2.57. The molecule has 1 saturated heterocycles. The number of aliphatic hydroxyl groups is 1. The second kappa shape index (κ2) is 4.43. The fourth-order valence-electron chi connectivity index (χ4n) is 1.54. The molecule has 3 N–H and O–H groups in total. The SMILES string of the molecule is CN(CCO)CC1CCN1C(N)=O. The molecular weight excluding hydrogens is 170 g/mol. The highest BCUT2D eigenvalue weighted by Gasteiger charge is 2.31. The van der Waals surface area contributed by atoms with Crippen LogP contribution in [0.4, 0.5) is 4.79 Å². The summed E-state index contributed by atoms with van der Waals surface area (Å²) in [4.78, 5) is 14.5. The van der Waals surface area contributed by atoms with Crippen molar-refractivity contribution in [1.82, 2.24) is 9.80 Å². The minimum Gasteiger partial charge on any atom is -0.395 e. The monoisotopic (exact) mass is 187 g/mol. The van der Waals surface area contributed by atoms with Crippen LogP contribution in [0.15, 0.2) is 0 Å². The Labute approximate surface area is 78.1 Å². The maximum atomic E-state index is 10.8. The van der Waals surface area contributed by atoms with Gasteiger partial charge in [0.2, 0.25) is 0 Å². The first kappa shape index (κ1) is 10.3. The highest BCUT2D eigenvalue weighted by molar-refractivity contribution is 5.73. The van der Waals surface area contributed by atoms with E-state index in [9.17, 15) is 4.79 Å². The number of carbonyl (C=O) groups is 1. The van der Waals surface area contributed by atoms with Crippen LogP contribution < -0.4 is 5.73 Å². The molecule has 1 aliphatic rings. The van der Waals surface area contributed by atoms with E-state index in [0.29, 0.717) is 6.54 Å². The van der Waals surface area contributed by atoms with Gasteiger partial charge in [0, 0.05) is 25.7 Å².